The molecule has 3 rings (SSSR count). The van der Waals surface area contributed by atoms with E-state index in [1.165, 1.54) is 4.90 Å². The quantitative estimate of drug-likeness (QED) is 0.906. The van der Waals surface area contributed by atoms with Gasteiger partial charge in [-0.1, -0.05) is 39.0 Å². The van der Waals surface area contributed by atoms with Gasteiger partial charge in [-0.2, -0.15) is 5.26 Å². The first kappa shape index (κ1) is 18.6. The molecule has 1 aliphatic heterocycles. The lowest BCUT2D eigenvalue weighted by Gasteiger charge is -2.20. The summed E-state index contributed by atoms with van der Waals surface area (Å²) in [6.07, 6.45) is 0. The van der Waals surface area contributed by atoms with E-state index in [-0.39, 0.29) is 23.8 Å². The Bertz CT molecular complexity index is 921. The molecule has 1 aromatic heterocycles. The third kappa shape index (κ3) is 4.32. The molecule has 1 N–H and O–H groups in total. The largest absolute Gasteiger partial charge is 0.354 e. The molecule has 0 spiro atoms. The molecule has 138 valence electrons. The van der Waals surface area contributed by atoms with Gasteiger partial charge in [-0.05, 0) is 23.6 Å². The monoisotopic (exact) mass is 362 g/mol. The molecule has 0 fully saturated rings. The van der Waals surface area contributed by atoms with Crippen LogP contribution in [0.4, 0.5) is 0 Å². The summed E-state index contributed by atoms with van der Waals surface area (Å²) in [5, 5.41) is 11.8. The number of carbonyl (C=O) groups excluding carboxylic acids is 2. The van der Waals surface area contributed by atoms with Crippen LogP contribution in [0, 0.1) is 16.7 Å². The second-order valence-corrected chi connectivity index (χ2v) is 7.89. The summed E-state index contributed by atoms with van der Waals surface area (Å²) in [6, 6.07) is 12.9. The van der Waals surface area contributed by atoms with Crippen molar-refractivity contribution in [3.05, 3.63) is 53.2 Å². The van der Waals surface area contributed by atoms with Crippen molar-refractivity contribution in [1.82, 2.24) is 15.2 Å². The van der Waals surface area contributed by atoms with Gasteiger partial charge in [-0.25, -0.2) is 4.98 Å². The first-order chi connectivity index (χ1) is 12.8. The van der Waals surface area contributed by atoms with Gasteiger partial charge >= 0.3 is 0 Å². The molecule has 2 heterocycles. The Balaban J connectivity index is 1.72. The number of nitriles is 1. The van der Waals surface area contributed by atoms with Gasteiger partial charge in [0.15, 0.2) is 0 Å². The first-order valence-corrected chi connectivity index (χ1v) is 8.83. The lowest BCUT2D eigenvalue weighted by Crippen LogP contribution is -2.40. The van der Waals surface area contributed by atoms with Gasteiger partial charge in [0.1, 0.15) is 12.2 Å². The molecule has 0 bridgehead atoms. The molecule has 0 radical (unpaired) electrons. The minimum absolute atomic E-state index is 0.00874. The molecule has 0 aliphatic carbocycles. The van der Waals surface area contributed by atoms with E-state index in [0.29, 0.717) is 30.0 Å². The van der Waals surface area contributed by atoms with E-state index < -0.39 is 0 Å². The van der Waals surface area contributed by atoms with Crippen LogP contribution >= 0.6 is 0 Å². The number of carbonyl (C=O) groups is 2. The maximum Gasteiger partial charge on any atom is 0.273 e. The Kier molecular flexibility index (Phi) is 4.95. The van der Waals surface area contributed by atoms with Crippen LogP contribution in [0.15, 0.2) is 36.4 Å². The molecule has 6 nitrogen and oxygen atoms in total. The number of amides is 2. The fourth-order valence-corrected chi connectivity index (χ4v) is 2.82. The molecular weight excluding hydrogens is 340 g/mol. The second-order valence-electron chi connectivity index (χ2n) is 7.89. The van der Waals surface area contributed by atoms with E-state index in [4.69, 9.17) is 5.26 Å². The second kappa shape index (κ2) is 7.20. The third-order valence-corrected chi connectivity index (χ3v) is 4.29. The van der Waals surface area contributed by atoms with E-state index >= 15 is 0 Å². The van der Waals surface area contributed by atoms with Gasteiger partial charge in [0.05, 0.1) is 17.3 Å². The van der Waals surface area contributed by atoms with Crippen molar-refractivity contribution in [2.75, 3.05) is 13.1 Å². The highest BCUT2D eigenvalue weighted by Crippen LogP contribution is 2.25. The lowest BCUT2D eigenvalue weighted by molar-refractivity contribution is -0.122. The molecule has 1 aromatic carbocycles. The van der Waals surface area contributed by atoms with Crippen molar-refractivity contribution in [2.24, 2.45) is 5.41 Å². The smallest absolute Gasteiger partial charge is 0.273 e. The average molecular weight is 362 g/mol. The zero-order valence-electron chi connectivity index (χ0n) is 15.7. The summed E-state index contributed by atoms with van der Waals surface area (Å²) in [5.41, 5.74) is 3.28. The first-order valence-electron chi connectivity index (χ1n) is 8.83. The minimum Gasteiger partial charge on any atom is -0.354 e. The van der Waals surface area contributed by atoms with Crippen LogP contribution in [0.25, 0.3) is 11.3 Å². The van der Waals surface area contributed by atoms with Crippen LogP contribution in [0.3, 0.4) is 0 Å². The Morgan fingerprint density at radius 3 is 2.56 bits per heavy atom. The Morgan fingerprint density at radius 2 is 1.93 bits per heavy atom. The molecule has 1 aliphatic rings. The molecule has 27 heavy (non-hydrogen) atoms. The Morgan fingerprint density at radius 1 is 1.22 bits per heavy atom. The number of hydrogen-bond acceptors (Lipinski definition) is 4. The summed E-state index contributed by atoms with van der Waals surface area (Å²) < 4.78 is 0. The predicted octanol–water partition coefficient (Wildman–Crippen LogP) is 2.74. The summed E-state index contributed by atoms with van der Waals surface area (Å²) in [5.74, 6) is -0.398. The molecule has 0 saturated carbocycles. The Hall–Kier alpha value is -3.20. The number of nitrogens with zero attached hydrogens (tertiary/aromatic N) is 3. The molecule has 0 saturated heterocycles. The van der Waals surface area contributed by atoms with Crippen molar-refractivity contribution in [1.29, 1.82) is 5.26 Å². The van der Waals surface area contributed by atoms with Crippen molar-refractivity contribution in [2.45, 2.75) is 27.3 Å². The number of nitrogens with one attached hydrogen (secondary N) is 1. The number of fused-ring (bicyclic) bond motifs is 1. The molecule has 2 amide bonds. The number of aromatic nitrogens is 1. The number of pyridine rings is 1. The van der Waals surface area contributed by atoms with E-state index in [9.17, 15) is 9.59 Å². The Labute approximate surface area is 158 Å². The standard InChI is InChI=1S/C21H22N4O2/c1-21(2,3)13-23-18(26)12-25-11-16-8-9-17(24-19(16)20(25)27)15-6-4-14(10-22)5-7-15/h4-9H,11-13H2,1-3H3,(H,23,26). The van der Waals surface area contributed by atoms with Gasteiger partial charge in [0, 0.05) is 24.2 Å². The summed E-state index contributed by atoms with van der Waals surface area (Å²) in [7, 11) is 0. The van der Waals surface area contributed by atoms with Gasteiger partial charge in [0.25, 0.3) is 5.91 Å². The van der Waals surface area contributed by atoms with Crippen LogP contribution in [0.5, 0.6) is 0 Å². The SMILES string of the molecule is CC(C)(C)CNC(=O)CN1Cc2ccc(-c3ccc(C#N)cc3)nc2C1=O. The highest BCUT2D eigenvalue weighted by molar-refractivity contribution is 5.99. The number of hydrogen-bond donors (Lipinski definition) is 1. The fourth-order valence-electron chi connectivity index (χ4n) is 2.82. The van der Waals surface area contributed by atoms with Gasteiger partial charge in [0.2, 0.25) is 5.91 Å². The molecule has 6 heteroatoms. The summed E-state index contributed by atoms with van der Waals surface area (Å²) >= 11 is 0. The van der Waals surface area contributed by atoms with E-state index in [0.717, 1.165) is 11.1 Å². The molecule has 0 atom stereocenters. The van der Waals surface area contributed by atoms with Crippen molar-refractivity contribution < 1.29 is 9.59 Å². The number of benzene rings is 1. The summed E-state index contributed by atoms with van der Waals surface area (Å²) in [6.45, 7) is 7.09. The van der Waals surface area contributed by atoms with E-state index in [1.807, 2.05) is 45.0 Å². The third-order valence-electron chi connectivity index (χ3n) is 4.29. The maximum atomic E-state index is 12.7. The van der Waals surface area contributed by atoms with Crippen LogP contribution in [0.1, 0.15) is 42.4 Å². The normalized spacial score (nSPS) is 13.3. The van der Waals surface area contributed by atoms with Gasteiger partial charge in [-0.15, -0.1) is 0 Å². The van der Waals surface area contributed by atoms with Crippen LogP contribution in [0.2, 0.25) is 0 Å². The highest BCUT2D eigenvalue weighted by Gasteiger charge is 2.30. The van der Waals surface area contributed by atoms with E-state index in [2.05, 4.69) is 16.4 Å². The molecule has 0 unspecified atom stereocenters. The van der Waals surface area contributed by atoms with Crippen LogP contribution < -0.4 is 5.32 Å². The topological polar surface area (TPSA) is 86.1 Å². The van der Waals surface area contributed by atoms with Crippen molar-refractivity contribution in [3.63, 3.8) is 0 Å². The fraction of sp³-hybridized carbons (Fsp3) is 0.333. The minimum atomic E-state index is -0.230. The highest BCUT2D eigenvalue weighted by atomic mass is 16.2. The lowest BCUT2D eigenvalue weighted by atomic mass is 9.97. The maximum absolute atomic E-state index is 12.7. The van der Waals surface area contributed by atoms with Crippen LogP contribution in [-0.2, 0) is 11.3 Å². The zero-order valence-corrected chi connectivity index (χ0v) is 15.7. The van der Waals surface area contributed by atoms with Gasteiger partial charge in [-0.3, -0.25) is 9.59 Å². The molecular formula is C21H22N4O2. The zero-order chi connectivity index (χ0) is 19.6. The number of rotatable bonds is 4. The molecule has 2 aromatic rings. The van der Waals surface area contributed by atoms with Crippen LogP contribution in [-0.4, -0.2) is 34.8 Å². The van der Waals surface area contributed by atoms with Gasteiger partial charge < -0.3 is 10.2 Å². The van der Waals surface area contributed by atoms with Crippen molar-refractivity contribution in [3.8, 4) is 17.3 Å². The average Bonchev–Trinajstić information content (AvgIpc) is 2.95. The summed E-state index contributed by atoms with van der Waals surface area (Å²) in [4.78, 5) is 30.8. The van der Waals surface area contributed by atoms with E-state index in [1.54, 1.807) is 12.1 Å². The predicted molar refractivity (Wildman–Crippen MR) is 102 cm³/mol. The van der Waals surface area contributed by atoms with Crippen molar-refractivity contribution >= 4 is 11.8 Å².